The number of anilines is 1. The summed E-state index contributed by atoms with van der Waals surface area (Å²) in [5.74, 6) is 0.529. The molecule has 2 aliphatic rings. The molecule has 2 aromatic rings. The van der Waals surface area contributed by atoms with Crippen LogP contribution >= 0.6 is 35.0 Å². The first-order valence-corrected chi connectivity index (χ1v) is 11.3. The Hall–Kier alpha value is -2.15. The van der Waals surface area contributed by atoms with Crippen molar-refractivity contribution in [1.82, 2.24) is 5.32 Å². The van der Waals surface area contributed by atoms with Gasteiger partial charge in [-0.25, -0.2) is 4.99 Å². The Balaban J connectivity index is 1.57. The van der Waals surface area contributed by atoms with Gasteiger partial charge in [0.1, 0.15) is 5.75 Å². The van der Waals surface area contributed by atoms with Crippen LogP contribution in [0.1, 0.15) is 24.8 Å². The third-order valence-corrected chi connectivity index (χ3v) is 6.75. The van der Waals surface area contributed by atoms with Crippen LogP contribution in [0.2, 0.25) is 10.0 Å². The van der Waals surface area contributed by atoms with Gasteiger partial charge in [-0.15, -0.1) is 0 Å². The van der Waals surface area contributed by atoms with Crippen molar-refractivity contribution in [2.75, 3.05) is 25.1 Å². The van der Waals surface area contributed by atoms with Gasteiger partial charge in [-0.2, -0.15) is 0 Å². The third kappa shape index (κ3) is 4.61. The van der Waals surface area contributed by atoms with E-state index in [0.29, 0.717) is 25.8 Å². The summed E-state index contributed by atoms with van der Waals surface area (Å²) in [7, 11) is 1.65. The van der Waals surface area contributed by atoms with E-state index in [4.69, 9.17) is 27.9 Å². The van der Waals surface area contributed by atoms with Crippen molar-refractivity contribution in [2.24, 2.45) is 4.99 Å². The molecular formula is C22H21Cl2N3O2S. The molecule has 2 heterocycles. The molecule has 156 valence electrons. The van der Waals surface area contributed by atoms with Crippen molar-refractivity contribution < 1.29 is 9.53 Å². The molecule has 2 aliphatic heterocycles. The first kappa shape index (κ1) is 21.1. The molecule has 1 N–H and O–H groups in total. The van der Waals surface area contributed by atoms with Crippen molar-refractivity contribution in [1.29, 1.82) is 0 Å². The van der Waals surface area contributed by atoms with Crippen LogP contribution in [-0.2, 0) is 4.79 Å². The monoisotopic (exact) mass is 461 g/mol. The first-order valence-electron chi connectivity index (χ1n) is 9.72. The van der Waals surface area contributed by atoms with E-state index in [2.05, 4.69) is 21.3 Å². The smallest absolute Gasteiger partial charge is 0.264 e. The highest BCUT2D eigenvalue weighted by molar-refractivity contribution is 8.18. The number of methoxy groups -OCH3 is 1. The first-order chi connectivity index (χ1) is 14.5. The number of ether oxygens (including phenoxy) is 1. The lowest BCUT2D eigenvalue weighted by molar-refractivity contribution is -0.115. The molecule has 2 aromatic carbocycles. The lowest BCUT2D eigenvalue weighted by atomic mass is 10.1. The van der Waals surface area contributed by atoms with Crippen molar-refractivity contribution >= 4 is 63.5 Å². The second kappa shape index (κ2) is 9.33. The highest BCUT2D eigenvalue weighted by Crippen LogP contribution is 2.36. The molecule has 0 spiro atoms. The number of carbonyl (C=O) groups is 1. The van der Waals surface area contributed by atoms with Crippen LogP contribution in [0.4, 0.5) is 11.4 Å². The van der Waals surface area contributed by atoms with Crippen molar-refractivity contribution in [3.05, 3.63) is 56.9 Å². The molecule has 0 saturated carbocycles. The van der Waals surface area contributed by atoms with Gasteiger partial charge in [-0.05, 0) is 61.4 Å². The Kier molecular flexibility index (Phi) is 6.56. The molecule has 0 radical (unpaired) electrons. The molecule has 0 atom stereocenters. The number of halogens is 2. The Bertz CT molecular complexity index is 1030. The van der Waals surface area contributed by atoms with E-state index in [1.165, 1.54) is 31.0 Å². The molecule has 30 heavy (non-hydrogen) atoms. The maximum absolute atomic E-state index is 12.5. The third-order valence-electron chi connectivity index (χ3n) is 5.03. The molecule has 5 nitrogen and oxygen atoms in total. The summed E-state index contributed by atoms with van der Waals surface area (Å²) in [5, 5.41) is 4.01. The van der Waals surface area contributed by atoms with Crippen LogP contribution in [0.15, 0.2) is 46.3 Å². The minimum atomic E-state index is -0.209. The van der Waals surface area contributed by atoms with E-state index in [-0.39, 0.29) is 5.91 Å². The van der Waals surface area contributed by atoms with E-state index < -0.39 is 0 Å². The highest BCUT2D eigenvalue weighted by atomic mass is 35.5. The average molecular weight is 462 g/mol. The topological polar surface area (TPSA) is 53.9 Å². The summed E-state index contributed by atoms with van der Waals surface area (Å²) < 4.78 is 5.60. The van der Waals surface area contributed by atoms with Crippen LogP contribution in [0.5, 0.6) is 5.75 Å². The fourth-order valence-corrected chi connectivity index (χ4v) is 4.64. The Morgan fingerprint density at radius 3 is 2.73 bits per heavy atom. The van der Waals surface area contributed by atoms with Gasteiger partial charge in [-0.1, -0.05) is 29.3 Å². The molecule has 0 bridgehead atoms. The van der Waals surface area contributed by atoms with Crippen molar-refractivity contribution in [2.45, 2.75) is 19.3 Å². The van der Waals surface area contributed by atoms with Gasteiger partial charge in [0.2, 0.25) is 0 Å². The summed E-state index contributed by atoms with van der Waals surface area (Å²) in [6.45, 7) is 2.13. The number of piperidine rings is 1. The molecular weight excluding hydrogens is 441 g/mol. The van der Waals surface area contributed by atoms with Crippen LogP contribution in [0.25, 0.3) is 6.08 Å². The van der Waals surface area contributed by atoms with Crippen LogP contribution in [-0.4, -0.2) is 31.3 Å². The van der Waals surface area contributed by atoms with E-state index in [0.717, 1.165) is 30.1 Å². The Labute approximate surface area is 190 Å². The number of thioether (sulfide) groups is 1. The molecule has 2 fully saturated rings. The number of amidine groups is 1. The van der Waals surface area contributed by atoms with Crippen LogP contribution < -0.4 is 15.0 Å². The lowest BCUT2D eigenvalue weighted by Crippen LogP contribution is -2.29. The number of hydrogen-bond donors (Lipinski definition) is 1. The molecule has 0 unspecified atom stereocenters. The van der Waals surface area contributed by atoms with Gasteiger partial charge >= 0.3 is 0 Å². The SMILES string of the molecule is COc1cc(N2CCCCC2)ccc1/C=C1\SC(=Nc2cccc(Cl)c2Cl)NC1=O. The largest absolute Gasteiger partial charge is 0.496 e. The Morgan fingerprint density at radius 1 is 1.17 bits per heavy atom. The average Bonchev–Trinajstić information content (AvgIpc) is 3.11. The Morgan fingerprint density at radius 2 is 1.97 bits per heavy atom. The number of benzene rings is 2. The summed E-state index contributed by atoms with van der Waals surface area (Å²) >= 11 is 13.5. The summed E-state index contributed by atoms with van der Waals surface area (Å²) in [6.07, 6.45) is 5.53. The standard InChI is InChI=1S/C22H21Cl2N3O2S/c1-29-18-13-15(27-10-3-2-4-11-27)9-8-14(18)12-19-21(28)26-22(30-19)25-17-7-5-6-16(23)20(17)24/h5-9,12-13H,2-4,10-11H2,1H3,(H,25,26,28)/b19-12-. The zero-order valence-corrected chi connectivity index (χ0v) is 18.8. The fraction of sp³-hybridized carbons (Fsp3) is 0.273. The number of aliphatic imine (C=N–C) groups is 1. The van der Waals surface area contributed by atoms with E-state index in [1.54, 1.807) is 25.3 Å². The number of carbonyl (C=O) groups excluding carboxylic acids is 1. The maximum atomic E-state index is 12.5. The summed E-state index contributed by atoms with van der Waals surface area (Å²) in [6, 6.07) is 11.3. The van der Waals surface area contributed by atoms with Gasteiger partial charge < -0.3 is 15.0 Å². The van der Waals surface area contributed by atoms with E-state index >= 15 is 0 Å². The molecule has 2 saturated heterocycles. The maximum Gasteiger partial charge on any atom is 0.264 e. The van der Waals surface area contributed by atoms with Gasteiger partial charge in [0, 0.05) is 30.4 Å². The zero-order chi connectivity index (χ0) is 21.1. The number of nitrogens with zero attached hydrogens (tertiary/aromatic N) is 2. The quantitative estimate of drug-likeness (QED) is 0.577. The number of hydrogen-bond acceptors (Lipinski definition) is 5. The minimum Gasteiger partial charge on any atom is -0.496 e. The summed E-state index contributed by atoms with van der Waals surface area (Å²) in [4.78, 5) is 19.8. The van der Waals surface area contributed by atoms with E-state index in [9.17, 15) is 4.79 Å². The second-order valence-corrected chi connectivity index (χ2v) is 8.84. The molecule has 4 rings (SSSR count). The van der Waals surface area contributed by atoms with Gasteiger partial charge in [0.15, 0.2) is 5.17 Å². The van der Waals surface area contributed by atoms with E-state index in [1.807, 2.05) is 18.2 Å². The lowest BCUT2D eigenvalue weighted by Gasteiger charge is -2.29. The van der Waals surface area contributed by atoms with Crippen molar-refractivity contribution in [3.63, 3.8) is 0 Å². The van der Waals surface area contributed by atoms with Crippen molar-refractivity contribution in [3.8, 4) is 5.75 Å². The highest BCUT2D eigenvalue weighted by Gasteiger charge is 2.25. The minimum absolute atomic E-state index is 0.209. The van der Waals surface area contributed by atoms with Crippen LogP contribution in [0.3, 0.4) is 0 Å². The number of rotatable bonds is 4. The summed E-state index contributed by atoms with van der Waals surface area (Å²) in [5.41, 5.74) is 2.50. The second-order valence-electron chi connectivity index (χ2n) is 7.03. The number of nitrogens with one attached hydrogen (secondary N) is 1. The predicted molar refractivity (Wildman–Crippen MR) is 126 cm³/mol. The molecule has 1 amide bonds. The van der Waals surface area contributed by atoms with Gasteiger partial charge in [0.25, 0.3) is 5.91 Å². The van der Waals surface area contributed by atoms with Gasteiger partial charge in [0.05, 0.1) is 27.7 Å². The van der Waals surface area contributed by atoms with Crippen LogP contribution in [0, 0.1) is 0 Å². The predicted octanol–water partition coefficient (Wildman–Crippen LogP) is 5.88. The fourth-order valence-electron chi connectivity index (χ4n) is 3.48. The molecule has 8 heteroatoms. The zero-order valence-electron chi connectivity index (χ0n) is 16.5. The normalized spacial score (nSPS) is 19.4. The molecule has 0 aromatic heterocycles. The molecule has 0 aliphatic carbocycles. The number of amides is 1. The van der Waals surface area contributed by atoms with Gasteiger partial charge in [-0.3, -0.25) is 4.79 Å².